The number of benzene rings is 1. The number of aryl methyl sites for hydroxylation is 1. The van der Waals surface area contributed by atoms with E-state index < -0.39 is 0 Å². The van der Waals surface area contributed by atoms with Gasteiger partial charge < -0.3 is 10.6 Å². The maximum absolute atomic E-state index is 13.7. The molecule has 0 spiro atoms. The molecule has 0 amide bonds. The summed E-state index contributed by atoms with van der Waals surface area (Å²) in [4.78, 5) is 6.67. The largest absolute Gasteiger partial charge is 0.352 e. The van der Waals surface area contributed by atoms with Crippen molar-refractivity contribution in [2.75, 3.05) is 7.05 Å². The first-order valence-corrected chi connectivity index (χ1v) is 8.13. The Morgan fingerprint density at radius 3 is 2.59 bits per heavy atom. The molecule has 0 aliphatic carbocycles. The number of hydrogen-bond donors (Lipinski definition) is 2. The van der Waals surface area contributed by atoms with Gasteiger partial charge in [0, 0.05) is 33.4 Å². The number of nitrogens with one attached hydrogen (secondary N) is 2. The van der Waals surface area contributed by atoms with Crippen LogP contribution in [0, 0.1) is 12.7 Å². The van der Waals surface area contributed by atoms with Crippen molar-refractivity contribution >= 4 is 57.2 Å². The highest BCUT2D eigenvalue weighted by atomic mass is 127. The minimum atomic E-state index is -0.227. The first-order valence-electron chi connectivity index (χ1n) is 6.52. The molecule has 2 N–H and O–H groups in total. The summed E-state index contributed by atoms with van der Waals surface area (Å²) in [6.45, 7) is 3.17. The van der Waals surface area contributed by atoms with E-state index in [1.54, 1.807) is 30.5 Å². The maximum Gasteiger partial charge on any atom is 0.191 e. The van der Waals surface area contributed by atoms with Crippen LogP contribution in [0.5, 0.6) is 0 Å². The number of rotatable bonds is 4. The predicted molar refractivity (Wildman–Crippen MR) is 106 cm³/mol. The molecule has 0 atom stereocenters. The summed E-state index contributed by atoms with van der Waals surface area (Å²) in [5.74, 6) is 0.426. The van der Waals surface area contributed by atoms with E-state index in [-0.39, 0.29) is 29.8 Å². The molecule has 0 aliphatic heterocycles. The topological polar surface area (TPSA) is 36.4 Å². The summed E-state index contributed by atoms with van der Waals surface area (Å²) < 4.78 is 14.5. The van der Waals surface area contributed by atoms with Gasteiger partial charge in [0.25, 0.3) is 0 Å². The van der Waals surface area contributed by atoms with Crippen LogP contribution in [-0.4, -0.2) is 13.0 Å². The molecule has 0 aliphatic rings. The van der Waals surface area contributed by atoms with Gasteiger partial charge in [-0.15, -0.1) is 35.3 Å². The first-order chi connectivity index (χ1) is 10.1. The normalized spacial score (nSPS) is 11.0. The maximum atomic E-state index is 13.7. The third kappa shape index (κ3) is 5.85. The van der Waals surface area contributed by atoms with Crippen molar-refractivity contribution in [3.05, 3.63) is 55.9 Å². The van der Waals surface area contributed by atoms with Crippen LogP contribution in [0.15, 0.2) is 39.8 Å². The van der Waals surface area contributed by atoms with Crippen molar-refractivity contribution in [3.8, 4) is 0 Å². The van der Waals surface area contributed by atoms with Gasteiger partial charge in [-0.2, -0.15) is 0 Å². The second-order valence-corrected chi connectivity index (χ2v) is 6.82. The van der Waals surface area contributed by atoms with E-state index in [1.165, 1.54) is 15.8 Å². The van der Waals surface area contributed by atoms with E-state index in [0.29, 0.717) is 24.6 Å². The molecule has 2 rings (SSSR count). The van der Waals surface area contributed by atoms with Crippen molar-refractivity contribution in [1.82, 2.24) is 10.6 Å². The minimum Gasteiger partial charge on any atom is -0.352 e. The fourth-order valence-electron chi connectivity index (χ4n) is 1.83. The van der Waals surface area contributed by atoms with Gasteiger partial charge in [0.05, 0.1) is 6.54 Å². The van der Waals surface area contributed by atoms with E-state index in [0.717, 1.165) is 4.47 Å². The average molecular weight is 498 g/mol. The number of hydrogen-bond acceptors (Lipinski definition) is 2. The molecule has 0 saturated heterocycles. The van der Waals surface area contributed by atoms with E-state index in [4.69, 9.17) is 0 Å². The Labute approximate surface area is 159 Å². The van der Waals surface area contributed by atoms with Crippen LogP contribution in [0.25, 0.3) is 0 Å². The molecule has 0 saturated carbocycles. The van der Waals surface area contributed by atoms with Crippen LogP contribution in [-0.2, 0) is 13.1 Å². The Kier molecular flexibility index (Phi) is 8.34. The van der Waals surface area contributed by atoms with Crippen LogP contribution in [0.2, 0.25) is 0 Å². The molecule has 1 aromatic carbocycles. The van der Waals surface area contributed by atoms with Gasteiger partial charge >= 0.3 is 0 Å². The number of nitrogens with zero attached hydrogens (tertiary/aromatic N) is 1. The van der Waals surface area contributed by atoms with Crippen LogP contribution >= 0.6 is 51.2 Å². The van der Waals surface area contributed by atoms with Crippen LogP contribution in [0.3, 0.4) is 0 Å². The summed E-state index contributed by atoms with van der Waals surface area (Å²) in [6, 6.07) is 9.08. The summed E-state index contributed by atoms with van der Waals surface area (Å²) in [5, 5.41) is 6.33. The second kappa shape index (κ2) is 9.46. The monoisotopic (exact) mass is 497 g/mol. The number of thiophene rings is 1. The SMILES string of the molecule is CN=C(NCc1ccc(C)s1)NCc1cc(Br)ccc1F.I. The molecule has 22 heavy (non-hydrogen) atoms. The van der Waals surface area contributed by atoms with E-state index in [9.17, 15) is 4.39 Å². The number of aliphatic imine (C=N–C) groups is 1. The molecular formula is C15H18BrFIN3S. The molecule has 3 nitrogen and oxygen atoms in total. The van der Waals surface area contributed by atoms with Crippen LogP contribution < -0.4 is 10.6 Å². The highest BCUT2D eigenvalue weighted by molar-refractivity contribution is 14.0. The molecule has 7 heteroatoms. The molecule has 0 unspecified atom stereocenters. The fourth-order valence-corrected chi connectivity index (χ4v) is 3.07. The molecule has 0 fully saturated rings. The highest BCUT2D eigenvalue weighted by Crippen LogP contribution is 2.16. The predicted octanol–water partition coefficient (Wildman–Crippen LogP) is 4.44. The van der Waals surface area contributed by atoms with Gasteiger partial charge in [-0.05, 0) is 37.3 Å². The smallest absolute Gasteiger partial charge is 0.191 e. The highest BCUT2D eigenvalue weighted by Gasteiger charge is 2.05. The molecule has 0 bridgehead atoms. The zero-order valence-corrected chi connectivity index (χ0v) is 17.1. The molecule has 1 aromatic heterocycles. The number of guanidine groups is 1. The van der Waals surface area contributed by atoms with Gasteiger partial charge in [0.15, 0.2) is 5.96 Å². The van der Waals surface area contributed by atoms with Gasteiger partial charge in [-0.25, -0.2) is 4.39 Å². The third-order valence-corrected chi connectivity index (χ3v) is 4.40. The van der Waals surface area contributed by atoms with Crippen LogP contribution in [0.4, 0.5) is 4.39 Å². The van der Waals surface area contributed by atoms with Crippen molar-refractivity contribution in [2.45, 2.75) is 20.0 Å². The lowest BCUT2D eigenvalue weighted by Crippen LogP contribution is -2.36. The lowest BCUT2D eigenvalue weighted by Gasteiger charge is -2.12. The molecule has 0 radical (unpaired) electrons. The Hall–Kier alpha value is -0.670. The average Bonchev–Trinajstić information content (AvgIpc) is 2.88. The van der Waals surface area contributed by atoms with Crippen LogP contribution in [0.1, 0.15) is 15.3 Å². The van der Waals surface area contributed by atoms with Gasteiger partial charge in [-0.3, -0.25) is 4.99 Å². The summed E-state index contributed by atoms with van der Waals surface area (Å²) >= 11 is 5.09. The van der Waals surface area contributed by atoms with Crippen molar-refractivity contribution < 1.29 is 4.39 Å². The summed E-state index contributed by atoms with van der Waals surface area (Å²) in [6.07, 6.45) is 0. The third-order valence-electron chi connectivity index (χ3n) is 2.90. The lowest BCUT2D eigenvalue weighted by molar-refractivity contribution is 0.604. The van der Waals surface area contributed by atoms with Gasteiger partial charge in [0.2, 0.25) is 0 Å². The van der Waals surface area contributed by atoms with Crippen molar-refractivity contribution in [3.63, 3.8) is 0 Å². The van der Waals surface area contributed by atoms with Crippen molar-refractivity contribution in [2.24, 2.45) is 4.99 Å². The quantitative estimate of drug-likeness (QED) is 0.372. The first kappa shape index (κ1) is 19.4. The summed E-state index contributed by atoms with van der Waals surface area (Å²) in [7, 11) is 1.70. The molecule has 1 heterocycles. The van der Waals surface area contributed by atoms with E-state index >= 15 is 0 Å². The Morgan fingerprint density at radius 2 is 1.95 bits per heavy atom. The molecular weight excluding hydrogens is 480 g/mol. The van der Waals surface area contributed by atoms with E-state index in [1.807, 2.05) is 0 Å². The minimum absolute atomic E-state index is 0. The fraction of sp³-hybridized carbons (Fsp3) is 0.267. The lowest BCUT2D eigenvalue weighted by atomic mass is 10.2. The van der Waals surface area contributed by atoms with Gasteiger partial charge in [-0.1, -0.05) is 15.9 Å². The standard InChI is InChI=1S/C15H17BrFN3S.HI/c1-10-3-5-13(21-10)9-20-15(18-2)19-8-11-7-12(16)4-6-14(11)17;/h3-7H,8-9H2,1-2H3,(H2,18,19,20);1H. The molecule has 120 valence electrons. The zero-order chi connectivity index (χ0) is 15.2. The Balaban J connectivity index is 0.00000242. The van der Waals surface area contributed by atoms with Crippen molar-refractivity contribution in [1.29, 1.82) is 0 Å². The summed E-state index contributed by atoms with van der Waals surface area (Å²) in [5.41, 5.74) is 0.597. The zero-order valence-electron chi connectivity index (χ0n) is 12.3. The molecule has 2 aromatic rings. The van der Waals surface area contributed by atoms with E-state index in [2.05, 4.69) is 50.6 Å². The number of halogens is 3. The second-order valence-electron chi connectivity index (χ2n) is 4.53. The van der Waals surface area contributed by atoms with Gasteiger partial charge in [0.1, 0.15) is 5.82 Å². The Bertz CT molecular complexity index is 645. The Morgan fingerprint density at radius 1 is 1.23 bits per heavy atom.